The van der Waals surface area contributed by atoms with Gasteiger partial charge in [0.1, 0.15) is 0 Å². The molecule has 1 fully saturated rings. The highest BCUT2D eigenvalue weighted by molar-refractivity contribution is 6.04. The fourth-order valence-electron chi connectivity index (χ4n) is 6.19. The van der Waals surface area contributed by atoms with Gasteiger partial charge >= 0.3 is 6.18 Å². The summed E-state index contributed by atoms with van der Waals surface area (Å²) in [5.41, 5.74) is 1.73. The molecule has 5 rings (SSSR count). The van der Waals surface area contributed by atoms with Crippen LogP contribution >= 0.6 is 12.4 Å². The molecule has 0 unspecified atom stereocenters. The molecule has 2 aromatic carbocycles. The number of pyridine rings is 1. The molecule has 8 heteroatoms. The Morgan fingerprint density at radius 1 is 1.11 bits per heavy atom. The summed E-state index contributed by atoms with van der Waals surface area (Å²) in [6.07, 6.45) is -1.69. The molecule has 3 aromatic rings. The molecule has 1 aromatic heterocycles. The van der Waals surface area contributed by atoms with Gasteiger partial charge in [-0.15, -0.1) is 12.4 Å². The Morgan fingerprint density at radius 2 is 1.86 bits per heavy atom. The predicted molar refractivity (Wildman–Crippen MR) is 139 cm³/mol. The first kappa shape index (κ1) is 27.1. The number of alkyl halides is 3. The molecule has 0 saturated heterocycles. The molecule has 0 radical (unpaired) electrons. The summed E-state index contributed by atoms with van der Waals surface area (Å²) < 4.78 is 41.3. The zero-order valence-corrected chi connectivity index (χ0v) is 21.3. The SMILES string of the molecule is Cc1ncccc1NC(=O)c1ccc2c(c1)CC[C@@H]1C[C@@](O)(C(F)(F)F)CC[C@@]21Cc1ccccc1.Cl. The predicted octanol–water partition coefficient (Wildman–Crippen LogP) is 6.58. The number of fused-ring (bicyclic) bond motifs is 3. The number of halogens is 4. The van der Waals surface area contributed by atoms with Gasteiger partial charge in [0.25, 0.3) is 5.91 Å². The summed E-state index contributed by atoms with van der Waals surface area (Å²) in [6.45, 7) is 1.82. The van der Waals surface area contributed by atoms with Gasteiger partial charge < -0.3 is 10.4 Å². The summed E-state index contributed by atoms with van der Waals surface area (Å²) in [4.78, 5) is 17.2. The van der Waals surface area contributed by atoms with E-state index in [9.17, 15) is 23.1 Å². The molecule has 0 spiro atoms. The highest BCUT2D eigenvalue weighted by atomic mass is 35.5. The van der Waals surface area contributed by atoms with Crippen molar-refractivity contribution in [1.82, 2.24) is 4.98 Å². The lowest BCUT2D eigenvalue weighted by atomic mass is 9.52. The number of aliphatic hydroxyl groups is 1. The van der Waals surface area contributed by atoms with E-state index in [1.165, 1.54) is 0 Å². The minimum atomic E-state index is -4.65. The van der Waals surface area contributed by atoms with E-state index in [0.717, 1.165) is 16.7 Å². The quantitative estimate of drug-likeness (QED) is 0.400. The van der Waals surface area contributed by atoms with Crippen LogP contribution in [0.5, 0.6) is 0 Å². The van der Waals surface area contributed by atoms with Gasteiger partial charge in [0.05, 0.1) is 11.4 Å². The fraction of sp³-hybridized carbons (Fsp3) is 0.379. The molecule has 2 N–H and O–H groups in total. The largest absolute Gasteiger partial charge is 0.417 e. The average molecular weight is 531 g/mol. The molecular formula is C29H30ClF3N2O2. The zero-order valence-electron chi connectivity index (χ0n) is 20.5. The third kappa shape index (κ3) is 4.99. The maximum atomic E-state index is 13.8. The normalized spacial score (nSPS) is 24.8. The van der Waals surface area contributed by atoms with E-state index in [1.807, 2.05) is 49.4 Å². The van der Waals surface area contributed by atoms with E-state index < -0.39 is 17.2 Å². The summed E-state index contributed by atoms with van der Waals surface area (Å²) in [7, 11) is 0. The van der Waals surface area contributed by atoms with Crippen LogP contribution in [-0.2, 0) is 18.3 Å². The lowest BCUT2D eigenvalue weighted by molar-refractivity contribution is -0.279. The van der Waals surface area contributed by atoms with Crippen molar-refractivity contribution in [2.75, 3.05) is 5.32 Å². The van der Waals surface area contributed by atoms with Crippen molar-refractivity contribution in [3.63, 3.8) is 0 Å². The maximum Gasteiger partial charge on any atom is 0.417 e. The lowest BCUT2D eigenvalue weighted by Crippen LogP contribution is -2.56. The molecule has 2 aliphatic rings. The van der Waals surface area contributed by atoms with Crippen LogP contribution in [0.4, 0.5) is 18.9 Å². The zero-order chi connectivity index (χ0) is 25.6. The van der Waals surface area contributed by atoms with E-state index in [-0.39, 0.29) is 43.5 Å². The van der Waals surface area contributed by atoms with Crippen molar-refractivity contribution >= 4 is 24.0 Å². The van der Waals surface area contributed by atoms with Crippen LogP contribution in [-0.4, -0.2) is 27.8 Å². The Kier molecular flexibility index (Phi) is 7.41. The number of nitrogens with zero attached hydrogens (tertiary/aromatic N) is 1. The molecule has 3 atom stereocenters. The number of anilines is 1. The van der Waals surface area contributed by atoms with E-state index in [4.69, 9.17) is 0 Å². The third-order valence-electron chi connectivity index (χ3n) is 8.16. The van der Waals surface area contributed by atoms with Crippen LogP contribution in [0.2, 0.25) is 0 Å². The van der Waals surface area contributed by atoms with Gasteiger partial charge in [-0.25, -0.2) is 0 Å². The van der Waals surface area contributed by atoms with E-state index >= 15 is 0 Å². The summed E-state index contributed by atoms with van der Waals surface area (Å²) >= 11 is 0. The Bertz CT molecular complexity index is 1280. The number of aryl methyl sites for hydroxylation is 2. The van der Waals surface area contributed by atoms with E-state index in [2.05, 4.69) is 10.3 Å². The number of aromatic nitrogens is 1. The second-order valence-electron chi connectivity index (χ2n) is 10.3. The van der Waals surface area contributed by atoms with E-state index in [0.29, 0.717) is 36.2 Å². The standard InChI is InChI=1S/C29H29F3N2O2.ClH/c1-19-25(8-5-15-33-19)34-26(35)22-10-12-24-21(16-22)9-11-23-18-28(36,29(30,31)32)14-13-27(23,24)17-20-6-3-2-4-7-20;/h2-8,10,12,15-16,23,36H,9,11,13-14,17-18H2,1H3,(H,34,35);1H/t23-,27+,28-;/m1./s1. The van der Waals surface area contributed by atoms with Crippen LogP contribution < -0.4 is 5.32 Å². The molecule has 2 aliphatic carbocycles. The number of carbonyl (C=O) groups is 1. The average Bonchev–Trinajstić information content (AvgIpc) is 2.85. The van der Waals surface area contributed by atoms with E-state index in [1.54, 1.807) is 24.4 Å². The summed E-state index contributed by atoms with van der Waals surface area (Å²) in [5, 5.41) is 13.5. The first-order valence-electron chi connectivity index (χ1n) is 12.3. The second-order valence-corrected chi connectivity index (χ2v) is 10.3. The molecular weight excluding hydrogens is 501 g/mol. The monoisotopic (exact) mass is 530 g/mol. The van der Waals surface area contributed by atoms with Crippen molar-refractivity contribution in [1.29, 1.82) is 0 Å². The van der Waals surface area contributed by atoms with Crippen molar-refractivity contribution in [3.8, 4) is 0 Å². The van der Waals surface area contributed by atoms with Crippen LogP contribution in [0.25, 0.3) is 0 Å². The van der Waals surface area contributed by atoms with Gasteiger partial charge in [0.2, 0.25) is 0 Å². The van der Waals surface area contributed by atoms with Gasteiger partial charge in [-0.2, -0.15) is 13.2 Å². The van der Waals surface area contributed by atoms with Gasteiger partial charge in [-0.1, -0.05) is 36.4 Å². The molecule has 37 heavy (non-hydrogen) atoms. The molecule has 0 bridgehead atoms. The smallest absolute Gasteiger partial charge is 0.380 e. The first-order chi connectivity index (χ1) is 17.1. The number of benzene rings is 2. The summed E-state index contributed by atoms with van der Waals surface area (Å²) in [6, 6.07) is 18.9. The topological polar surface area (TPSA) is 62.2 Å². The van der Waals surface area contributed by atoms with Gasteiger partial charge in [-0.3, -0.25) is 9.78 Å². The fourth-order valence-corrected chi connectivity index (χ4v) is 6.19. The van der Waals surface area contributed by atoms with Crippen LogP contribution in [0.15, 0.2) is 66.9 Å². The highest BCUT2D eigenvalue weighted by Gasteiger charge is 2.61. The molecule has 196 valence electrons. The van der Waals surface area contributed by atoms with Crippen molar-refractivity contribution in [3.05, 3.63) is 94.8 Å². The lowest BCUT2D eigenvalue weighted by Gasteiger charge is -2.53. The Balaban J connectivity index is 0.00000320. The van der Waals surface area contributed by atoms with Gasteiger partial charge in [0.15, 0.2) is 5.60 Å². The Morgan fingerprint density at radius 3 is 2.57 bits per heavy atom. The Hall–Kier alpha value is -2.90. The van der Waals surface area contributed by atoms with Crippen LogP contribution in [0.3, 0.4) is 0 Å². The van der Waals surface area contributed by atoms with Crippen LogP contribution in [0, 0.1) is 12.8 Å². The first-order valence-corrected chi connectivity index (χ1v) is 12.3. The van der Waals surface area contributed by atoms with Crippen molar-refractivity contribution in [2.45, 2.75) is 62.6 Å². The maximum absolute atomic E-state index is 13.8. The van der Waals surface area contributed by atoms with Crippen molar-refractivity contribution < 1.29 is 23.1 Å². The molecule has 1 saturated carbocycles. The minimum absolute atomic E-state index is 0. The number of hydrogen-bond donors (Lipinski definition) is 2. The van der Waals surface area contributed by atoms with Gasteiger partial charge in [0, 0.05) is 17.2 Å². The third-order valence-corrected chi connectivity index (χ3v) is 8.16. The minimum Gasteiger partial charge on any atom is -0.380 e. The molecule has 4 nitrogen and oxygen atoms in total. The summed E-state index contributed by atoms with van der Waals surface area (Å²) in [5.74, 6) is -0.563. The highest BCUT2D eigenvalue weighted by Crippen LogP contribution is 2.57. The van der Waals surface area contributed by atoms with Crippen LogP contribution in [0.1, 0.15) is 58.4 Å². The molecule has 1 heterocycles. The number of rotatable bonds is 4. The molecule has 0 aliphatic heterocycles. The second kappa shape index (κ2) is 10.1. The van der Waals surface area contributed by atoms with Crippen molar-refractivity contribution in [2.24, 2.45) is 5.92 Å². The number of amides is 1. The number of hydrogen-bond acceptors (Lipinski definition) is 3. The van der Waals surface area contributed by atoms with Gasteiger partial charge in [-0.05, 0) is 92.3 Å². The molecule has 1 amide bonds. The Labute approximate surface area is 220 Å². The number of nitrogens with one attached hydrogen (secondary N) is 1. The number of carbonyl (C=O) groups excluding carboxylic acids is 1.